The quantitative estimate of drug-likeness (QED) is 0.0540. The van der Waals surface area contributed by atoms with Gasteiger partial charge >= 0.3 is 0 Å². The third-order valence-corrected chi connectivity index (χ3v) is 15.3. The molecule has 0 spiro atoms. The number of hydrogen-bond acceptors (Lipinski definition) is 4. The minimum Gasteiger partial charge on any atom is -0.139 e. The summed E-state index contributed by atoms with van der Waals surface area (Å²) in [7, 11) is 0. The Kier molecular flexibility index (Phi) is 12.8. The van der Waals surface area contributed by atoms with E-state index in [1.165, 1.54) is 177 Å². The van der Waals surface area contributed by atoms with Gasteiger partial charge in [-0.15, -0.1) is 45.3 Å². The molecular weight excluding hydrogens is 681 g/mol. The van der Waals surface area contributed by atoms with Crippen molar-refractivity contribution >= 4 is 87.1 Å². The van der Waals surface area contributed by atoms with Crippen LogP contribution in [0.4, 0.5) is 0 Å². The van der Waals surface area contributed by atoms with Crippen molar-refractivity contribution in [3.8, 4) is 19.5 Å². The summed E-state index contributed by atoms with van der Waals surface area (Å²) in [5, 5.41) is 8.18. The fourth-order valence-corrected chi connectivity index (χ4v) is 12.0. The fourth-order valence-electron chi connectivity index (χ4n) is 7.53. The van der Waals surface area contributed by atoms with Crippen molar-refractivity contribution in [1.29, 1.82) is 0 Å². The number of hydrogen-bond donors (Lipinski definition) is 0. The zero-order valence-corrected chi connectivity index (χ0v) is 33.6. The summed E-state index contributed by atoms with van der Waals surface area (Å²) in [6.07, 6.45) is 24.6. The van der Waals surface area contributed by atoms with Gasteiger partial charge in [-0.05, 0) is 119 Å². The van der Waals surface area contributed by atoms with Crippen LogP contribution in [0.1, 0.15) is 126 Å². The molecule has 0 radical (unpaired) electrons. The van der Waals surface area contributed by atoms with Gasteiger partial charge in [0.15, 0.2) is 0 Å². The number of thiophene rings is 4. The summed E-state index contributed by atoms with van der Waals surface area (Å²) in [6, 6.07) is 28.8. The summed E-state index contributed by atoms with van der Waals surface area (Å²) < 4.78 is 2.79. The fraction of sp³-hybridized carbons (Fsp3) is 0.435. The highest BCUT2D eigenvalue weighted by molar-refractivity contribution is 7.26. The van der Waals surface area contributed by atoms with E-state index < -0.39 is 0 Å². The van der Waals surface area contributed by atoms with Crippen LogP contribution in [0.2, 0.25) is 0 Å². The van der Waals surface area contributed by atoms with Crippen LogP contribution in [-0.4, -0.2) is 0 Å². The molecule has 0 unspecified atom stereocenters. The summed E-state index contributed by atoms with van der Waals surface area (Å²) in [5.74, 6) is 0. The van der Waals surface area contributed by atoms with Gasteiger partial charge in [-0.1, -0.05) is 116 Å². The van der Waals surface area contributed by atoms with Crippen molar-refractivity contribution in [2.24, 2.45) is 0 Å². The Morgan fingerprint density at radius 2 is 0.740 bits per heavy atom. The molecule has 0 saturated carbocycles. The summed E-state index contributed by atoms with van der Waals surface area (Å²) >= 11 is 7.92. The molecule has 0 N–H and O–H groups in total. The molecule has 7 rings (SSSR count). The third-order valence-electron chi connectivity index (χ3n) is 10.5. The summed E-state index contributed by atoms with van der Waals surface area (Å²) in [4.78, 5) is 8.76. The maximum atomic E-state index is 2.46. The molecule has 7 aromatic rings. The largest absolute Gasteiger partial charge is 0.139 e. The van der Waals surface area contributed by atoms with Crippen molar-refractivity contribution in [3.05, 3.63) is 82.6 Å². The molecule has 0 aliphatic rings. The van der Waals surface area contributed by atoms with Crippen LogP contribution in [0.5, 0.6) is 0 Å². The first-order valence-electron chi connectivity index (χ1n) is 19.7. The molecule has 262 valence electrons. The molecule has 0 nitrogen and oxygen atoms in total. The second kappa shape index (κ2) is 17.8. The lowest BCUT2D eigenvalue weighted by atomic mass is 9.99. The topological polar surface area (TPSA) is 0 Å². The highest BCUT2D eigenvalue weighted by Gasteiger charge is 2.13. The van der Waals surface area contributed by atoms with Gasteiger partial charge in [0.05, 0.1) is 0 Å². The van der Waals surface area contributed by atoms with E-state index in [2.05, 4.69) is 86.6 Å². The summed E-state index contributed by atoms with van der Waals surface area (Å²) in [5.41, 5.74) is 0. The third kappa shape index (κ3) is 8.92. The average molecular weight is 735 g/mol. The van der Waals surface area contributed by atoms with Crippen LogP contribution in [0, 0.1) is 0 Å². The van der Waals surface area contributed by atoms with Crippen molar-refractivity contribution in [3.63, 3.8) is 0 Å². The molecule has 0 bridgehead atoms. The highest BCUT2D eigenvalue weighted by Crippen LogP contribution is 2.43. The Hall–Kier alpha value is -2.50. The van der Waals surface area contributed by atoms with Gasteiger partial charge in [0.2, 0.25) is 0 Å². The molecule has 50 heavy (non-hydrogen) atoms. The Morgan fingerprint density at radius 1 is 0.340 bits per heavy atom. The molecule has 0 fully saturated rings. The molecule has 0 amide bonds. The van der Waals surface area contributed by atoms with E-state index in [0.29, 0.717) is 0 Å². The standard InChI is InChI=1S/C46H54S4/c1-3-5-7-9-11-13-15-17-19-37-23-25-41(47-37)45-31-35-27-39-33(29-43(35)49-45)21-22-34-30-44-36(28-40(34)39)32-46(50-44)42-26-24-38(48-42)20-18-16-14-12-10-8-6-4-2/h21-32H,3-20H2,1-2H3. The second-order valence-electron chi connectivity index (χ2n) is 14.5. The number of aryl methyl sites for hydroxylation is 2. The van der Waals surface area contributed by atoms with Crippen molar-refractivity contribution < 1.29 is 0 Å². The number of fused-ring (bicyclic) bond motifs is 5. The van der Waals surface area contributed by atoms with Crippen LogP contribution in [0.25, 0.3) is 61.2 Å². The second-order valence-corrected chi connectivity index (χ2v) is 19.0. The van der Waals surface area contributed by atoms with Gasteiger partial charge in [-0.25, -0.2) is 0 Å². The Labute approximate surface area is 316 Å². The smallest absolute Gasteiger partial charge is 0.0455 e. The lowest BCUT2D eigenvalue weighted by Gasteiger charge is -2.05. The molecule has 3 aromatic carbocycles. The van der Waals surface area contributed by atoms with E-state index in [1.54, 1.807) is 9.75 Å². The summed E-state index contributed by atoms with van der Waals surface area (Å²) in [6.45, 7) is 4.60. The van der Waals surface area contributed by atoms with Crippen LogP contribution in [0.15, 0.2) is 72.8 Å². The first kappa shape index (κ1) is 35.9. The predicted molar refractivity (Wildman–Crippen MR) is 231 cm³/mol. The minimum atomic E-state index is 1.23. The molecule has 4 heterocycles. The van der Waals surface area contributed by atoms with E-state index in [-0.39, 0.29) is 0 Å². The van der Waals surface area contributed by atoms with E-state index in [0.717, 1.165) is 0 Å². The lowest BCUT2D eigenvalue weighted by molar-refractivity contribution is 0.576. The highest BCUT2D eigenvalue weighted by atomic mass is 32.1. The van der Waals surface area contributed by atoms with E-state index in [4.69, 9.17) is 0 Å². The van der Waals surface area contributed by atoms with Gasteiger partial charge in [-0.2, -0.15) is 0 Å². The van der Waals surface area contributed by atoms with E-state index in [1.807, 2.05) is 45.3 Å². The first-order chi connectivity index (χ1) is 24.7. The Balaban J connectivity index is 1.02. The average Bonchev–Trinajstić information content (AvgIpc) is 3.95. The lowest BCUT2D eigenvalue weighted by Crippen LogP contribution is -1.83. The van der Waals surface area contributed by atoms with Crippen molar-refractivity contribution in [2.75, 3.05) is 0 Å². The molecule has 4 aromatic heterocycles. The zero-order chi connectivity index (χ0) is 34.1. The molecule has 0 aliphatic carbocycles. The number of benzene rings is 3. The number of unbranched alkanes of at least 4 members (excludes halogenated alkanes) is 14. The predicted octanol–water partition coefficient (Wildman–Crippen LogP) is 17.2. The minimum absolute atomic E-state index is 1.23. The van der Waals surface area contributed by atoms with Gasteiger partial charge in [-0.3, -0.25) is 0 Å². The SMILES string of the molecule is CCCCCCCCCCc1ccc(-c2cc3cc4c(ccc5cc6sc(-c7ccc(CCCCCCCCCC)s7)cc6cc54)cc3s2)s1. The van der Waals surface area contributed by atoms with E-state index >= 15 is 0 Å². The van der Waals surface area contributed by atoms with Gasteiger partial charge in [0.25, 0.3) is 0 Å². The Bertz CT molecular complexity index is 1960. The van der Waals surface area contributed by atoms with Crippen LogP contribution < -0.4 is 0 Å². The normalized spacial score (nSPS) is 12.0. The monoisotopic (exact) mass is 734 g/mol. The van der Waals surface area contributed by atoms with Crippen LogP contribution in [0.3, 0.4) is 0 Å². The van der Waals surface area contributed by atoms with Crippen molar-refractivity contribution in [1.82, 2.24) is 0 Å². The number of rotatable bonds is 20. The van der Waals surface area contributed by atoms with Gasteiger partial charge < -0.3 is 0 Å². The molecule has 0 atom stereocenters. The maximum Gasteiger partial charge on any atom is 0.0455 e. The van der Waals surface area contributed by atoms with Gasteiger partial charge in [0, 0.05) is 38.7 Å². The Morgan fingerprint density at radius 3 is 1.16 bits per heavy atom. The van der Waals surface area contributed by atoms with Gasteiger partial charge in [0.1, 0.15) is 0 Å². The molecular formula is C46H54S4. The van der Waals surface area contributed by atoms with Crippen molar-refractivity contribution in [2.45, 2.75) is 129 Å². The zero-order valence-electron chi connectivity index (χ0n) is 30.3. The first-order valence-corrected chi connectivity index (χ1v) is 23.0. The maximum absolute atomic E-state index is 2.46. The molecule has 0 aliphatic heterocycles. The van der Waals surface area contributed by atoms with Crippen LogP contribution in [-0.2, 0) is 12.8 Å². The van der Waals surface area contributed by atoms with E-state index in [9.17, 15) is 0 Å². The molecule has 4 heteroatoms. The van der Waals surface area contributed by atoms with Crippen LogP contribution >= 0.6 is 45.3 Å². The molecule has 0 saturated heterocycles.